The Kier molecular flexibility index (Phi) is 53.3. The Hall–Kier alpha value is -2.89. The highest BCUT2D eigenvalue weighted by molar-refractivity contribution is 5.71. The van der Waals surface area contributed by atoms with E-state index in [0.717, 1.165) is 96.3 Å². The quantitative estimate of drug-likeness (QED) is 0.0262. The summed E-state index contributed by atoms with van der Waals surface area (Å²) in [4.78, 5) is 38.1. The fourth-order valence-electron chi connectivity index (χ4n) is 8.24. The van der Waals surface area contributed by atoms with Gasteiger partial charge in [-0.25, -0.2) is 0 Å². The molecule has 6 nitrogen and oxygen atoms in total. The second-order valence-corrected chi connectivity index (χ2v) is 19.2. The second-order valence-electron chi connectivity index (χ2n) is 19.2. The van der Waals surface area contributed by atoms with Gasteiger partial charge < -0.3 is 14.2 Å². The number of rotatable bonds is 52. The Morgan fingerprint density at radius 2 is 0.582 bits per heavy atom. The van der Waals surface area contributed by atoms with Crippen LogP contribution in [0.4, 0.5) is 0 Å². The minimum atomic E-state index is -0.784. The van der Waals surface area contributed by atoms with Crippen molar-refractivity contribution in [1.29, 1.82) is 0 Å². The van der Waals surface area contributed by atoms with Crippen molar-refractivity contribution in [3.8, 4) is 0 Å². The van der Waals surface area contributed by atoms with Crippen LogP contribution in [0.5, 0.6) is 0 Å². The Morgan fingerprint density at radius 1 is 0.313 bits per heavy atom. The van der Waals surface area contributed by atoms with Gasteiger partial charge in [-0.05, 0) is 64.2 Å². The summed E-state index contributed by atoms with van der Waals surface area (Å²) in [7, 11) is 0. The van der Waals surface area contributed by atoms with Crippen LogP contribution in [-0.2, 0) is 28.6 Å². The van der Waals surface area contributed by atoms with E-state index in [0.29, 0.717) is 19.3 Å². The Bertz CT molecular complexity index is 1210. The molecule has 0 aromatic rings. The lowest BCUT2D eigenvalue weighted by Crippen LogP contribution is -2.30. The molecule has 0 rings (SSSR count). The first-order valence-electron chi connectivity index (χ1n) is 28.8. The number of carbonyl (C=O) groups excluding carboxylic acids is 3. The van der Waals surface area contributed by atoms with E-state index in [-0.39, 0.29) is 31.1 Å². The Balaban J connectivity index is 4.41. The highest BCUT2D eigenvalue weighted by atomic mass is 16.6. The highest BCUT2D eigenvalue weighted by Crippen LogP contribution is 2.16. The highest BCUT2D eigenvalue weighted by Gasteiger charge is 2.19. The first-order chi connectivity index (χ1) is 33.0. The van der Waals surface area contributed by atoms with Gasteiger partial charge in [-0.3, -0.25) is 14.4 Å². The number of unbranched alkanes of at least 4 members (excludes halogenated alkanes) is 31. The summed E-state index contributed by atoms with van der Waals surface area (Å²) in [5.41, 5.74) is 0. The minimum absolute atomic E-state index is 0.0807. The largest absolute Gasteiger partial charge is 0.462 e. The molecule has 0 bridgehead atoms. The number of allylic oxidation sites excluding steroid dienone is 10. The van der Waals surface area contributed by atoms with Gasteiger partial charge in [0.25, 0.3) is 0 Å². The summed E-state index contributed by atoms with van der Waals surface area (Å²) in [6, 6.07) is 0. The number of carbonyl (C=O) groups is 3. The summed E-state index contributed by atoms with van der Waals surface area (Å²) in [5.74, 6) is -0.899. The zero-order valence-corrected chi connectivity index (χ0v) is 44.4. The smallest absolute Gasteiger partial charge is 0.306 e. The van der Waals surface area contributed by atoms with Gasteiger partial charge >= 0.3 is 17.9 Å². The molecule has 0 aliphatic rings. The van der Waals surface area contributed by atoms with E-state index in [4.69, 9.17) is 14.2 Å². The second kappa shape index (κ2) is 55.7. The Labute approximate surface area is 415 Å². The molecule has 0 saturated heterocycles. The van der Waals surface area contributed by atoms with E-state index >= 15 is 0 Å². The van der Waals surface area contributed by atoms with Gasteiger partial charge in [-0.15, -0.1) is 0 Å². The SMILES string of the molecule is CC/C=C/C/C=C/C/C=C/C/C=C/C/C=C/CCCCCC(=O)OC[C@@H](COC(=O)CCCCCCCCCCCCCCCCC)OC(=O)CCCCCCCCCCCCCCCCC. The molecule has 0 fully saturated rings. The predicted molar refractivity (Wildman–Crippen MR) is 288 cm³/mol. The number of hydrogen-bond donors (Lipinski definition) is 0. The zero-order chi connectivity index (χ0) is 48.6. The summed E-state index contributed by atoms with van der Waals surface area (Å²) in [5, 5.41) is 0. The van der Waals surface area contributed by atoms with Crippen molar-refractivity contribution in [2.45, 2.75) is 297 Å². The van der Waals surface area contributed by atoms with E-state index in [2.05, 4.69) is 81.5 Å². The van der Waals surface area contributed by atoms with Crippen molar-refractivity contribution < 1.29 is 28.6 Å². The molecule has 6 heteroatoms. The molecule has 0 amide bonds. The monoisotopic (exact) mass is 937 g/mol. The van der Waals surface area contributed by atoms with Gasteiger partial charge in [0, 0.05) is 19.3 Å². The van der Waals surface area contributed by atoms with Crippen molar-refractivity contribution in [1.82, 2.24) is 0 Å². The van der Waals surface area contributed by atoms with Gasteiger partial charge in [0.15, 0.2) is 6.10 Å². The fraction of sp³-hybridized carbons (Fsp3) is 0.787. The third kappa shape index (κ3) is 53.9. The van der Waals surface area contributed by atoms with E-state index < -0.39 is 6.10 Å². The van der Waals surface area contributed by atoms with Gasteiger partial charge in [0.1, 0.15) is 13.2 Å². The van der Waals surface area contributed by atoms with Gasteiger partial charge in [0.05, 0.1) is 0 Å². The first-order valence-corrected chi connectivity index (χ1v) is 28.8. The molecular weight excluding hydrogens is 829 g/mol. The van der Waals surface area contributed by atoms with Crippen LogP contribution in [-0.4, -0.2) is 37.2 Å². The topological polar surface area (TPSA) is 78.9 Å². The molecule has 0 aliphatic heterocycles. The third-order valence-corrected chi connectivity index (χ3v) is 12.5. The maximum atomic E-state index is 12.8. The fourth-order valence-corrected chi connectivity index (χ4v) is 8.24. The third-order valence-electron chi connectivity index (χ3n) is 12.5. The van der Waals surface area contributed by atoms with Crippen LogP contribution >= 0.6 is 0 Å². The van der Waals surface area contributed by atoms with E-state index in [1.54, 1.807) is 0 Å². The molecule has 0 aromatic heterocycles. The van der Waals surface area contributed by atoms with Gasteiger partial charge in [-0.2, -0.15) is 0 Å². The van der Waals surface area contributed by atoms with Crippen LogP contribution in [0.2, 0.25) is 0 Å². The predicted octanol–water partition coefficient (Wildman–Crippen LogP) is 19.2. The lowest BCUT2D eigenvalue weighted by Gasteiger charge is -2.18. The molecule has 0 saturated carbocycles. The van der Waals surface area contributed by atoms with E-state index in [9.17, 15) is 14.4 Å². The molecule has 0 N–H and O–H groups in total. The van der Waals surface area contributed by atoms with Crippen LogP contribution in [0.3, 0.4) is 0 Å². The summed E-state index contributed by atoms with van der Waals surface area (Å²) in [6.45, 7) is 6.53. The molecule has 0 aliphatic carbocycles. The summed E-state index contributed by atoms with van der Waals surface area (Å²) < 4.78 is 16.9. The summed E-state index contributed by atoms with van der Waals surface area (Å²) in [6.07, 6.45) is 69.2. The molecular formula is C61H108O6. The van der Waals surface area contributed by atoms with Gasteiger partial charge in [0.2, 0.25) is 0 Å². The number of hydrogen-bond acceptors (Lipinski definition) is 6. The van der Waals surface area contributed by atoms with Crippen molar-refractivity contribution in [2.24, 2.45) is 0 Å². The van der Waals surface area contributed by atoms with Crippen molar-refractivity contribution >= 4 is 17.9 Å². The van der Waals surface area contributed by atoms with Crippen LogP contribution in [0, 0.1) is 0 Å². The minimum Gasteiger partial charge on any atom is -0.462 e. The maximum Gasteiger partial charge on any atom is 0.306 e. The zero-order valence-electron chi connectivity index (χ0n) is 44.4. The molecule has 67 heavy (non-hydrogen) atoms. The van der Waals surface area contributed by atoms with Gasteiger partial charge in [-0.1, -0.05) is 268 Å². The van der Waals surface area contributed by atoms with Crippen molar-refractivity contribution in [3.05, 3.63) is 60.8 Å². The molecule has 0 spiro atoms. The lowest BCUT2D eigenvalue weighted by molar-refractivity contribution is -0.167. The molecule has 0 aromatic carbocycles. The lowest BCUT2D eigenvalue weighted by atomic mass is 10.0. The molecule has 0 unspecified atom stereocenters. The number of esters is 3. The van der Waals surface area contributed by atoms with Crippen molar-refractivity contribution in [3.63, 3.8) is 0 Å². The molecule has 0 radical (unpaired) electrons. The molecule has 388 valence electrons. The van der Waals surface area contributed by atoms with E-state index in [1.807, 2.05) is 0 Å². The first kappa shape index (κ1) is 64.1. The Morgan fingerprint density at radius 3 is 0.910 bits per heavy atom. The average molecular weight is 938 g/mol. The molecule has 1 atom stereocenters. The van der Waals surface area contributed by atoms with Crippen LogP contribution in [0.15, 0.2) is 60.8 Å². The summed E-state index contributed by atoms with van der Waals surface area (Å²) >= 11 is 0. The van der Waals surface area contributed by atoms with E-state index in [1.165, 1.54) is 154 Å². The van der Waals surface area contributed by atoms with Crippen LogP contribution in [0.25, 0.3) is 0 Å². The van der Waals surface area contributed by atoms with Crippen LogP contribution in [0.1, 0.15) is 290 Å². The maximum absolute atomic E-state index is 12.8. The van der Waals surface area contributed by atoms with Crippen LogP contribution < -0.4 is 0 Å². The molecule has 0 heterocycles. The van der Waals surface area contributed by atoms with Crippen molar-refractivity contribution in [2.75, 3.05) is 13.2 Å². The normalized spacial score (nSPS) is 12.5. The number of ether oxygens (including phenoxy) is 3. The standard InChI is InChI=1S/C61H108O6/c1-4-7-10-13-16-19-22-25-28-29-30-31-34-36-39-42-45-48-51-54-60(63)66-57-58(67-61(64)55-52-49-46-43-40-37-33-27-24-21-18-15-12-9-6-3)56-65-59(62)53-50-47-44-41-38-35-32-26-23-20-17-14-11-8-5-2/h7,10,16,19,25,28,30-31,36,39,58H,4-6,8-9,11-15,17-18,20-24,26-27,29,32-35,37-38,40-57H2,1-3H3/b10-7+,19-16+,28-25+,31-30+,39-36+/t58-/m1/s1. The average Bonchev–Trinajstić information content (AvgIpc) is 3.33.